The van der Waals surface area contributed by atoms with Crippen LogP contribution in [0.4, 0.5) is 4.79 Å². The number of hydrogen-bond donors (Lipinski definition) is 1. The number of benzene rings is 1. The van der Waals surface area contributed by atoms with Gasteiger partial charge in [-0.1, -0.05) is 59.8 Å². The quantitative estimate of drug-likeness (QED) is 0.685. The molecule has 0 aliphatic rings. The minimum Gasteiger partial charge on any atom is -0.445 e. The summed E-state index contributed by atoms with van der Waals surface area (Å²) in [5, 5.41) is 0. The smallest absolute Gasteiger partial charge is 0.404 e. The summed E-state index contributed by atoms with van der Waals surface area (Å²) in [7, 11) is 0. The molecule has 0 saturated heterocycles. The van der Waals surface area contributed by atoms with E-state index in [0.29, 0.717) is 0 Å². The molecule has 0 aliphatic carbocycles. The molecule has 1 aromatic rings. The molecule has 0 saturated carbocycles. The van der Waals surface area contributed by atoms with Gasteiger partial charge in [-0.3, -0.25) is 0 Å². The number of alkyl halides is 1. The van der Waals surface area contributed by atoms with Crippen LogP contribution in [0.25, 0.3) is 0 Å². The number of rotatable bonds is 4. The largest absolute Gasteiger partial charge is 0.445 e. The second-order valence-corrected chi connectivity index (χ2v) is 4.21. The third-order valence-corrected chi connectivity index (χ3v) is 3.17. The summed E-state index contributed by atoms with van der Waals surface area (Å²) < 4.78 is 5.78. The maximum absolute atomic E-state index is 10.7. The minimum absolute atomic E-state index is 0.162. The van der Waals surface area contributed by atoms with Gasteiger partial charge in [0, 0.05) is 10.3 Å². The Morgan fingerprint density at radius 1 is 1.47 bits per heavy atom. The van der Waals surface area contributed by atoms with Crippen molar-refractivity contribution in [1.82, 2.24) is 0 Å². The first-order valence-corrected chi connectivity index (χ1v) is 6.24. The van der Waals surface area contributed by atoms with Gasteiger partial charge in [0.05, 0.1) is 0 Å². The van der Waals surface area contributed by atoms with Crippen LogP contribution in [0.15, 0.2) is 30.3 Å². The Kier molecular flexibility index (Phi) is 4.87. The molecule has 2 N–H and O–H groups in total. The van der Waals surface area contributed by atoms with Gasteiger partial charge in [0.1, 0.15) is 6.10 Å². The molecule has 4 heteroatoms. The van der Waals surface area contributed by atoms with Crippen molar-refractivity contribution in [3.05, 3.63) is 35.9 Å². The Bertz CT molecular complexity index is 316. The fraction of sp³-hybridized carbons (Fsp3) is 0.364. The summed E-state index contributed by atoms with van der Waals surface area (Å²) in [6.45, 7) is 2.03. The van der Waals surface area contributed by atoms with Gasteiger partial charge in [-0.2, -0.15) is 0 Å². The van der Waals surface area contributed by atoms with Crippen molar-refractivity contribution in [2.24, 2.45) is 5.73 Å². The number of hydrogen-bond acceptors (Lipinski definition) is 2. The highest BCUT2D eigenvalue weighted by Crippen LogP contribution is 2.22. The molecule has 82 valence electrons. The standard InChI is InChI=1S/C11H14INO2/c1-8(9-5-3-2-4-6-9)10(7-12)15-11(13)14/h2-6,8,10H,7H2,1H3,(H2,13,14)/t8-,10?/m1/s1. The van der Waals surface area contributed by atoms with Crippen molar-refractivity contribution in [1.29, 1.82) is 0 Å². The first-order valence-electron chi connectivity index (χ1n) is 4.72. The predicted octanol–water partition coefficient (Wildman–Crippen LogP) is 2.69. The van der Waals surface area contributed by atoms with Gasteiger partial charge in [0.15, 0.2) is 0 Å². The molecule has 0 fully saturated rings. The monoisotopic (exact) mass is 319 g/mol. The van der Waals surface area contributed by atoms with E-state index in [1.54, 1.807) is 0 Å². The van der Waals surface area contributed by atoms with E-state index in [0.717, 1.165) is 9.99 Å². The van der Waals surface area contributed by atoms with Crippen LogP contribution < -0.4 is 5.73 Å². The molecule has 3 nitrogen and oxygen atoms in total. The first-order chi connectivity index (χ1) is 7.15. The molecule has 1 aromatic carbocycles. The zero-order valence-corrected chi connectivity index (χ0v) is 10.7. The van der Waals surface area contributed by atoms with E-state index in [2.05, 4.69) is 22.6 Å². The second kappa shape index (κ2) is 5.95. The van der Waals surface area contributed by atoms with Crippen molar-refractivity contribution in [2.75, 3.05) is 4.43 Å². The van der Waals surface area contributed by atoms with E-state index in [-0.39, 0.29) is 12.0 Å². The normalized spacial score (nSPS) is 14.3. The summed E-state index contributed by atoms with van der Waals surface area (Å²) in [5.41, 5.74) is 6.17. The van der Waals surface area contributed by atoms with Gasteiger partial charge in [-0.15, -0.1) is 0 Å². The minimum atomic E-state index is -0.709. The maximum Gasteiger partial charge on any atom is 0.404 e. The van der Waals surface area contributed by atoms with E-state index in [1.807, 2.05) is 37.3 Å². The predicted molar refractivity (Wildman–Crippen MR) is 68.2 cm³/mol. The second-order valence-electron chi connectivity index (χ2n) is 3.33. The van der Waals surface area contributed by atoms with Gasteiger partial charge >= 0.3 is 6.09 Å². The zero-order chi connectivity index (χ0) is 11.3. The van der Waals surface area contributed by atoms with E-state index in [9.17, 15) is 4.79 Å². The molecule has 0 bridgehead atoms. The first kappa shape index (κ1) is 12.3. The lowest BCUT2D eigenvalue weighted by Crippen LogP contribution is -2.28. The van der Waals surface area contributed by atoms with Gasteiger partial charge in [-0.05, 0) is 5.56 Å². The number of amides is 1. The Morgan fingerprint density at radius 2 is 2.07 bits per heavy atom. The molecule has 1 rings (SSSR count). The molecular formula is C11H14INO2. The lowest BCUT2D eigenvalue weighted by molar-refractivity contribution is 0.107. The van der Waals surface area contributed by atoms with E-state index in [4.69, 9.17) is 10.5 Å². The summed E-state index contributed by atoms with van der Waals surface area (Å²) in [6, 6.07) is 9.95. The third kappa shape index (κ3) is 3.70. The van der Waals surface area contributed by atoms with Crippen LogP contribution in [0.1, 0.15) is 18.4 Å². The fourth-order valence-electron chi connectivity index (χ4n) is 1.39. The molecule has 1 unspecified atom stereocenters. The Hall–Kier alpha value is -0.780. The van der Waals surface area contributed by atoms with E-state index < -0.39 is 6.09 Å². The summed E-state index contributed by atoms with van der Waals surface area (Å²) in [4.78, 5) is 10.7. The van der Waals surface area contributed by atoms with Crippen LogP contribution in [0.2, 0.25) is 0 Å². The number of ether oxygens (including phenoxy) is 1. The van der Waals surface area contributed by atoms with Gasteiger partial charge < -0.3 is 10.5 Å². The van der Waals surface area contributed by atoms with Crippen LogP contribution in [0.5, 0.6) is 0 Å². The van der Waals surface area contributed by atoms with Crippen LogP contribution >= 0.6 is 22.6 Å². The maximum atomic E-state index is 10.7. The van der Waals surface area contributed by atoms with Crippen molar-refractivity contribution < 1.29 is 9.53 Å². The zero-order valence-electron chi connectivity index (χ0n) is 8.52. The molecule has 0 heterocycles. The van der Waals surface area contributed by atoms with Crippen molar-refractivity contribution in [2.45, 2.75) is 18.9 Å². The topological polar surface area (TPSA) is 52.3 Å². The number of primary amides is 1. The van der Waals surface area contributed by atoms with Crippen LogP contribution in [-0.4, -0.2) is 16.6 Å². The Morgan fingerprint density at radius 3 is 2.53 bits per heavy atom. The lowest BCUT2D eigenvalue weighted by Gasteiger charge is -2.21. The molecule has 0 spiro atoms. The average molecular weight is 319 g/mol. The SMILES string of the molecule is C[C@H](c1ccccc1)C(CI)OC(N)=O. The molecule has 0 aliphatic heterocycles. The molecule has 0 radical (unpaired) electrons. The fourth-order valence-corrected chi connectivity index (χ4v) is 2.33. The van der Waals surface area contributed by atoms with Crippen LogP contribution in [-0.2, 0) is 4.74 Å². The molecule has 0 aromatic heterocycles. The van der Waals surface area contributed by atoms with Crippen LogP contribution in [0, 0.1) is 0 Å². The number of carbonyl (C=O) groups excluding carboxylic acids is 1. The van der Waals surface area contributed by atoms with Crippen molar-refractivity contribution in [3.63, 3.8) is 0 Å². The highest BCUT2D eigenvalue weighted by Gasteiger charge is 2.20. The van der Waals surface area contributed by atoms with Gasteiger partial charge in [0.2, 0.25) is 0 Å². The molecule has 2 atom stereocenters. The Balaban J connectivity index is 2.73. The van der Waals surface area contributed by atoms with Crippen LogP contribution in [0.3, 0.4) is 0 Å². The molecule has 15 heavy (non-hydrogen) atoms. The highest BCUT2D eigenvalue weighted by molar-refractivity contribution is 14.1. The number of halogens is 1. The van der Waals surface area contributed by atoms with E-state index in [1.165, 1.54) is 0 Å². The number of carbonyl (C=O) groups is 1. The highest BCUT2D eigenvalue weighted by atomic mass is 127. The third-order valence-electron chi connectivity index (χ3n) is 2.30. The molecular weight excluding hydrogens is 305 g/mol. The van der Waals surface area contributed by atoms with Gasteiger partial charge in [0.25, 0.3) is 0 Å². The van der Waals surface area contributed by atoms with Crippen molar-refractivity contribution >= 4 is 28.7 Å². The summed E-state index contributed by atoms with van der Waals surface area (Å²) in [5.74, 6) is 0.163. The summed E-state index contributed by atoms with van der Waals surface area (Å²) in [6.07, 6.45) is -0.870. The van der Waals surface area contributed by atoms with Gasteiger partial charge in [-0.25, -0.2) is 4.79 Å². The van der Waals surface area contributed by atoms with Crippen molar-refractivity contribution in [3.8, 4) is 0 Å². The molecule has 1 amide bonds. The number of nitrogens with two attached hydrogens (primary N) is 1. The Labute approximate surface area is 103 Å². The lowest BCUT2D eigenvalue weighted by atomic mass is 9.96. The average Bonchev–Trinajstić information content (AvgIpc) is 2.26. The summed E-state index contributed by atoms with van der Waals surface area (Å²) >= 11 is 2.19. The van der Waals surface area contributed by atoms with E-state index >= 15 is 0 Å².